The van der Waals surface area contributed by atoms with Crippen molar-refractivity contribution in [1.82, 2.24) is 9.88 Å². The lowest BCUT2D eigenvalue weighted by atomic mass is 10.0. The summed E-state index contributed by atoms with van der Waals surface area (Å²) in [6.45, 7) is 0. The Hall–Kier alpha value is -3.61. The van der Waals surface area contributed by atoms with Crippen LogP contribution in [0.15, 0.2) is 72.0 Å². The van der Waals surface area contributed by atoms with Gasteiger partial charge in [-0.05, 0) is 48.0 Å². The highest BCUT2D eigenvalue weighted by Crippen LogP contribution is 2.25. The lowest BCUT2D eigenvalue weighted by molar-refractivity contribution is 0.0870. The third-order valence-corrected chi connectivity index (χ3v) is 3.90. The first-order chi connectivity index (χ1) is 13.0. The summed E-state index contributed by atoms with van der Waals surface area (Å²) in [5.74, 6) is -1.57. The van der Waals surface area contributed by atoms with E-state index in [9.17, 15) is 13.6 Å². The maximum Gasteiger partial charge on any atom is 0.260 e. The Morgan fingerprint density at radius 2 is 1.81 bits per heavy atom. The number of nitrogens with two attached hydrogens (primary N) is 1. The summed E-state index contributed by atoms with van der Waals surface area (Å²) in [5, 5.41) is 0. The SMILES string of the molecule is CN(C(=O)c1cccc(-c2cc(F)ccc2F)c1)/C(N)=N\c1ccncc1. The average molecular weight is 366 g/mol. The molecule has 0 fully saturated rings. The number of aliphatic imine (C=N–C) groups is 1. The number of guanidine groups is 1. The number of carbonyl (C=O) groups excluding carboxylic acids is 1. The minimum absolute atomic E-state index is 0.00598. The molecular formula is C20H16F2N4O. The number of benzene rings is 2. The highest BCUT2D eigenvalue weighted by Gasteiger charge is 2.16. The predicted octanol–water partition coefficient (Wildman–Crippen LogP) is 3.75. The van der Waals surface area contributed by atoms with Gasteiger partial charge in [0.2, 0.25) is 5.96 Å². The predicted molar refractivity (Wildman–Crippen MR) is 99.4 cm³/mol. The number of rotatable bonds is 3. The molecule has 2 N–H and O–H groups in total. The van der Waals surface area contributed by atoms with Crippen LogP contribution >= 0.6 is 0 Å². The van der Waals surface area contributed by atoms with Gasteiger partial charge in [0, 0.05) is 30.6 Å². The van der Waals surface area contributed by atoms with E-state index in [1.54, 1.807) is 42.7 Å². The molecule has 1 heterocycles. The smallest absolute Gasteiger partial charge is 0.260 e. The standard InChI is InChI=1S/C20H16F2N4O/c1-26(20(23)25-16-7-9-24-10-8-16)19(27)14-4-2-3-13(11-14)17-12-15(21)5-6-18(17)22/h2-12H,1H3,(H2,23,24,25). The fourth-order valence-electron chi connectivity index (χ4n) is 2.46. The van der Waals surface area contributed by atoms with Crippen LogP contribution in [0.1, 0.15) is 10.4 Å². The summed E-state index contributed by atoms with van der Waals surface area (Å²) in [7, 11) is 1.48. The van der Waals surface area contributed by atoms with Gasteiger partial charge < -0.3 is 5.73 Å². The van der Waals surface area contributed by atoms with Crippen molar-refractivity contribution in [2.75, 3.05) is 7.05 Å². The molecule has 0 saturated carbocycles. The second-order valence-electron chi connectivity index (χ2n) is 5.74. The van der Waals surface area contributed by atoms with Crippen LogP contribution in [-0.2, 0) is 0 Å². The molecule has 0 bridgehead atoms. The lowest BCUT2D eigenvalue weighted by Gasteiger charge is -2.16. The molecule has 1 amide bonds. The molecule has 7 heteroatoms. The van der Waals surface area contributed by atoms with Gasteiger partial charge in [0.1, 0.15) is 11.6 Å². The Balaban J connectivity index is 1.89. The van der Waals surface area contributed by atoms with E-state index < -0.39 is 17.5 Å². The van der Waals surface area contributed by atoms with E-state index in [-0.39, 0.29) is 17.1 Å². The van der Waals surface area contributed by atoms with Gasteiger partial charge in [0.05, 0.1) is 5.69 Å². The monoisotopic (exact) mass is 366 g/mol. The molecule has 0 unspecified atom stereocenters. The number of amides is 1. The van der Waals surface area contributed by atoms with E-state index >= 15 is 0 Å². The Labute approximate surface area is 154 Å². The normalized spacial score (nSPS) is 11.3. The highest BCUT2D eigenvalue weighted by atomic mass is 19.1. The summed E-state index contributed by atoms with van der Waals surface area (Å²) >= 11 is 0. The summed E-state index contributed by atoms with van der Waals surface area (Å²) in [6.07, 6.45) is 3.12. The molecule has 0 radical (unpaired) electrons. The zero-order valence-corrected chi connectivity index (χ0v) is 14.4. The van der Waals surface area contributed by atoms with Crippen molar-refractivity contribution in [2.45, 2.75) is 0 Å². The molecule has 136 valence electrons. The molecule has 0 aliphatic carbocycles. The molecule has 3 rings (SSSR count). The van der Waals surface area contributed by atoms with Crippen LogP contribution in [0, 0.1) is 11.6 Å². The van der Waals surface area contributed by atoms with Crippen molar-refractivity contribution in [2.24, 2.45) is 10.7 Å². The molecule has 27 heavy (non-hydrogen) atoms. The number of aromatic nitrogens is 1. The van der Waals surface area contributed by atoms with Gasteiger partial charge in [-0.2, -0.15) is 0 Å². The van der Waals surface area contributed by atoms with Gasteiger partial charge in [-0.15, -0.1) is 0 Å². The maximum absolute atomic E-state index is 14.0. The molecule has 0 aliphatic heterocycles. The van der Waals surface area contributed by atoms with Crippen molar-refractivity contribution in [3.63, 3.8) is 0 Å². The third kappa shape index (κ3) is 4.14. The molecular weight excluding hydrogens is 350 g/mol. The first kappa shape index (κ1) is 18.2. The van der Waals surface area contributed by atoms with Crippen LogP contribution in [0.5, 0.6) is 0 Å². The van der Waals surface area contributed by atoms with Crippen molar-refractivity contribution in [1.29, 1.82) is 0 Å². The third-order valence-electron chi connectivity index (χ3n) is 3.90. The molecule has 5 nitrogen and oxygen atoms in total. The van der Waals surface area contributed by atoms with Gasteiger partial charge in [-0.3, -0.25) is 14.7 Å². The van der Waals surface area contributed by atoms with Crippen molar-refractivity contribution < 1.29 is 13.6 Å². The average Bonchev–Trinajstić information content (AvgIpc) is 2.69. The number of pyridine rings is 1. The van der Waals surface area contributed by atoms with Crippen LogP contribution in [-0.4, -0.2) is 28.8 Å². The fraction of sp³-hybridized carbons (Fsp3) is 0.0500. The highest BCUT2D eigenvalue weighted by molar-refractivity contribution is 6.06. The van der Waals surface area contributed by atoms with Crippen molar-refractivity contribution in [3.05, 3.63) is 84.2 Å². The Morgan fingerprint density at radius 3 is 2.56 bits per heavy atom. The summed E-state index contributed by atoms with van der Waals surface area (Å²) in [5.41, 5.74) is 7.19. The van der Waals surface area contributed by atoms with Crippen LogP contribution in [0.25, 0.3) is 11.1 Å². The number of hydrogen-bond donors (Lipinski definition) is 1. The molecule has 0 saturated heterocycles. The zero-order valence-electron chi connectivity index (χ0n) is 14.4. The number of carbonyl (C=O) groups is 1. The molecule has 0 spiro atoms. The van der Waals surface area contributed by atoms with Crippen molar-refractivity contribution in [3.8, 4) is 11.1 Å². The molecule has 3 aromatic rings. The van der Waals surface area contributed by atoms with Gasteiger partial charge >= 0.3 is 0 Å². The first-order valence-corrected chi connectivity index (χ1v) is 8.03. The summed E-state index contributed by atoms with van der Waals surface area (Å²) in [6, 6.07) is 12.7. The fourth-order valence-corrected chi connectivity index (χ4v) is 2.46. The number of halogens is 2. The van der Waals surface area contributed by atoms with Crippen LogP contribution in [0.4, 0.5) is 14.5 Å². The quantitative estimate of drug-likeness (QED) is 0.567. The molecule has 2 aromatic carbocycles. The van der Waals surface area contributed by atoms with E-state index in [0.717, 1.165) is 18.2 Å². The molecule has 1 aromatic heterocycles. The van der Waals surface area contributed by atoms with E-state index in [0.29, 0.717) is 11.3 Å². The first-order valence-electron chi connectivity index (χ1n) is 8.03. The van der Waals surface area contributed by atoms with Gasteiger partial charge in [-0.1, -0.05) is 12.1 Å². The van der Waals surface area contributed by atoms with E-state index in [1.807, 2.05) is 0 Å². The van der Waals surface area contributed by atoms with Gasteiger partial charge in [0.25, 0.3) is 5.91 Å². The Kier molecular flexibility index (Phi) is 5.21. The van der Waals surface area contributed by atoms with Crippen molar-refractivity contribution >= 4 is 17.6 Å². The van der Waals surface area contributed by atoms with E-state index in [2.05, 4.69) is 9.98 Å². The van der Waals surface area contributed by atoms with Crippen LogP contribution < -0.4 is 5.73 Å². The summed E-state index contributed by atoms with van der Waals surface area (Å²) < 4.78 is 27.5. The Morgan fingerprint density at radius 1 is 1.07 bits per heavy atom. The maximum atomic E-state index is 14.0. The molecule has 0 aliphatic rings. The minimum atomic E-state index is -0.576. The van der Waals surface area contributed by atoms with E-state index in [1.165, 1.54) is 18.0 Å². The zero-order chi connectivity index (χ0) is 19.4. The minimum Gasteiger partial charge on any atom is -0.369 e. The number of hydrogen-bond acceptors (Lipinski definition) is 3. The topological polar surface area (TPSA) is 71.6 Å². The van der Waals surface area contributed by atoms with Crippen LogP contribution in [0.3, 0.4) is 0 Å². The van der Waals surface area contributed by atoms with Crippen LogP contribution in [0.2, 0.25) is 0 Å². The Bertz CT molecular complexity index is 1010. The second-order valence-corrected chi connectivity index (χ2v) is 5.74. The van der Waals surface area contributed by atoms with Gasteiger partial charge in [-0.25, -0.2) is 13.8 Å². The second kappa shape index (κ2) is 7.74. The lowest BCUT2D eigenvalue weighted by Crippen LogP contribution is -2.38. The number of nitrogens with zero attached hydrogens (tertiary/aromatic N) is 3. The summed E-state index contributed by atoms with van der Waals surface area (Å²) in [4.78, 5) is 21.9. The van der Waals surface area contributed by atoms with Gasteiger partial charge in [0.15, 0.2) is 0 Å². The van der Waals surface area contributed by atoms with E-state index in [4.69, 9.17) is 5.73 Å². The molecule has 0 atom stereocenters. The largest absolute Gasteiger partial charge is 0.369 e.